The molecule has 1 aromatic heterocycles. The maximum Gasteiger partial charge on any atom is 0.141 e. The van der Waals surface area contributed by atoms with Crippen LogP contribution in [0.3, 0.4) is 0 Å². The van der Waals surface area contributed by atoms with Crippen molar-refractivity contribution >= 4 is 0 Å². The number of hydrogen-bond donors (Lipinski definition) is 1. The summed E-state index contributed by atoms with van der Waals surface area (Å²) < 4.78 is 7.23. The molecular weight excluding hydrogens is 314 g/mol. The van der Waals surface area contributed by atoms with Crippen molar-refractivity contribution in [2.24, 2.45) is 18.9 Å². The normalized spacial score (nSPS) is 29.6. The number of hydrogen-bond acceptors (Lipinski definition) is 4. The lowest BCUT2D eigenvalue weighted by Gasteiger charge is -2.52. The van der Waals surface area contributed by atoms with Gasteiger partial charge in [0.05, 0.1) is 7.11 Å². The van der Waals surface area contributed by atoms with Gasteiger partial charge in [0.2, 0.25) is 0 Å². The van der Waals surface area contributed by atoms with E-state index in [0.717, 1.165) is 44.0 Å². The van der Waals surface area contributed by atoms with Crippen LogP contribution in [-0.2, 0) is 19.2 Å². The van der Waals surface area contributed by atoms with Crippen LogP contribution >= 0.6 is 0 Å². The summed E-state index contributed by atoms with van der Waals surface area (Å²) in [6, 6.07) is 8.30. The third-order valence-corrected chi connectivity index (χ3v) is 6.05. The Kier molecular flexibility index (Phi) is 4.29. The quantitative estimate of drug-likeness (QED) is 0.928. The summed E-state index contributed by atoms with van der Waals surface area (Å²) in [5, 5.41) is 11.6. The van der Waals surface area contributed by atoms with Gasteiger partial charge in [-0.1, -0.05) is 18.6 Å². The van der Waals surface area contributed by atoms with Crippen molar-refractivity contribution in [1.82, 2.24) is 14.5 Å². The van der Waals surface area contributed by atoms with Gasteiger partial charge in [0.25, 0.3) is 0 Å². The number of likely N-dealkylation sites (tertiary alicyclic amines) is 1. The summed E-state index contributed by atoms with van der Waals surface area (Å²) >= 11 is 0. The van der Waals surface area contributed by atoms with Crippen molar-refractivity contribution in [2.75, 3.05) is 20.2 Å². The molecule has 0 amide bonds. The molecule has 1 saturated heterocycles. The number of aliphatic hydroxyl groups is 1. The number of nitrogens with zero attached hydrogens (tertiary/aromatic N) is 3. The molecule has 1 aliphatic heterocycles. The highest BCUT2D eigenvalue weighted by Crippen LogP contribution is 2.48. The van der Waals surface area contributed by atoms with Crippen molar-refractivity contribution < 1.29 is 9.84 Å². The van der Waals surface area contributed by atoms with E-state index in [4.69, 9.17) is 4.74 Å². The Morgan fingerprint density at radius 1 is 1.20 bits per heavy atom. The minimum atomic E-state index is -0.785. The first-order chi connectivity index (χ1) is 12.1. The van der Waals surface area contributed by atoms with E-state index in [9.17, 15) is 5.11 Å². The average molecular weight is 341 g/mol. The molecule has 2 bridgehead atoms. The van der Waals surface area contributed by atoms with Crippen LogP contribution < -0.4 is 4.74 Å². The van der Waals surface area contributed by atoms with E-state index in [2.05, 4.69) is 22.0 Å². The molecule has 5 heteroatoms. The lowest BCUT2D eigenvalue weighted by molar-refractivity contribution is -0.155. The minimum Gasteiger partial charge on any atom is -0.497 e. The second-order valence-corrected chi connectivity index (χ2v) is 7.55. The lowest BCUT2D eigenvalue weighted by atomic mass is 9.65. The van der Waals surface area contributed by atoms with E-state index >= 15 is 0 Å². The minimum absolute atomic E-state index is 0.249. The summed E-state index contributed by atoms with van der Waals surface area (Å²) in [7, 11) is 3.68. The maximum absolute atomic E-state index is 11.6. The fourth-order valence-corrected chi connectivity index (χ4v) is 4.78. The number of benzene rings is 1. The number of piperidine rings is 1. The van der Waals surface area contributed by atoms with Gasteiger partial charge in [-0.2, -0.15) is 0 Å². The molecule has 1 aromatic carbocycles. The zero-order chi connectivity index (χ0) is 17.4. The average Bonchev–Trinajstić information content (AvgIpc) is 3.03. The monoisotopic (exact) mass is 341 g/mol. The lowest BCUT2D eigenvalue weighted by Crippen LogP contribution is -2.58. The van der Waals surface area contributed by atoms with Crippen LogP contribution in [0.4, 0.5) is 0 Å². The predicted octanol–water partition coefficient (Wildman–Crippen LogP) is 2.55. The Morgan fingerprint density at radius 3 is 2.44 bits per heavy atom. The van der Waals surface area contributed by atoms with Gasteiger partial charge in [0.15, 0.2) is 0 Å². The van der Waals surface area contributed by atoms with Crippen molar-refractivity contribution in [1.29, 1.82) is 0 Å². The summed E-state index contributed by atoms with van der Waals surface area (Å²) in [4.78, 5) is 7.00. The standard InChI is InChI=1S/C20H27N3O2/c1-22-11-10-21-19(22)20(24)16-4-3-5-17(20)14-23(13-16)12-15-6-8-18(25-2)9-7-15/h6-11,16-17,24H,3-5,12-14H2,1-2H3/t16-,17+,20?. The first-order valence-corrected chi connectivity index (χ1v) is 9.16. The van der Waals surface area contributed by atoms with Crippen LogP contribution in [0.25, 0.3) is 0 Å². The Hall–Kier alpha value is -1.85. The topological polar surface area (TPSA) is 50.5 Å². The maximum atomic E-state index is 11.6. The summed E-state index contributed by atoms with van der Waals surface area (Å²) in [5.41, 5.74) is 0.508. The van der Waals surface area contributed by atoms with Crippen LogP contribution in [0.15, 0.2) is 36.7 Å². The molecule has 2 aliphatic rings. The smallest absolute Gasteiger partial charge is 0.141 e. The van der Waals surface area contributed by atoms with E-state index in [-0.39, 0.29) is 11.8 Å². The molecule has 25 heavy (non-hydrogen) atoms. The van der Waals surface area contributed by atoms with Crippen molar-refractivity contribution in [3.63, 3.8) is 0 Å². The molecule has 4 rings (SSSR count). The molecule has 134 valence electrons. The van der Waals surface area contributed by atoms with Crippen molar-refractivity contribution in [3.05, 3.63) is 48.0 Å². The second-order valence-electron chi connectivity index (χ2n) is 7.55. The molecule has 5 nitrogen and oxygen atoms in total. The van der Waals surface area contributed by atoms with E-state index in [1.165, 1.54) is 12.0 Å². The zero-order valence-electron chi connectivity index (χ0n) is 15.1. The number of methoxy groups -OCH3 is 1. The molecule has 0 spiro atoms. The van der Waals surface area contributed by atoms with Gasteiger partial charge in [0.1, 0.15) is 17.2 Å². The Bertz CT molecular complexity index is 711. The van der Waals surface area contributed by atoms with E-state index in [0.29, 0.717) is 0 Å². The van der Waals surface area contributed by atoms with E-state index in [1.54, 1.807) is 13.3 Å². The Balaban J connectivity index is 1.54. The number of aromatic nitrogens is 2. The number of ether oxygens (including phenoxy) is 1. The molecule has 0 radical (unpaired) electrons. The van der Waals surface area contributed by atoms with Crippen LogP contribution in [0.1, 0.15) is 30.7 Å². The summed E-state index contributed by atoms with van der Waals surface area (Å²) in [5.74, 6) is 2.23. The summed E-state index contributed by atoms with van der Waals surface area (Å²) in [6.07, 6.45) is 7.08. The Morgan fingerprint density at radius 2 is 1.88 bits per heavy atom. The molecule has 3 atom stereocenters. The molecule has 1 saturated carbocycles. The first kappa shape index (κ1) is 16.6. The molecule has 1 unspecified atom stereocenters. The van der Waals surface area contributed by atoms with Gasteiger partial charge in [-0.25, -0.2) is 4.98 Å². The molecule has 2 heterocycles. The van der Waals surface area contributed by atoms with Gasteiger partial charge >= 0.3 is 0 Å². The molecular formula is C20H27N3O2. The number of fused-ring (bicyclic) bond motifs is 2. The number of imidazole rings is 1. The Labute approximate surface area is 149 Å². The van der Waals surface area contributed by atoms with Crippen molar-refractivity contribution in [2.45, 2.75) is 31.4 Å². The molecule has 2 fully saturated rings. The number of aryl methyl sites for hydroxylation is 1. The predicted molar refractivity (Wildman–Crippen MR) is 96.2 cm³/mol. The van der Waals surface area contributed by atoms with Gasteiger partial charge in [-0.05, 0) is 30.5 Å². The van der Waals surface area contributed by atoms with Gasteiger partial charge in [0, 0.05) is 50.9 Å². The van der Waals surface area contributed by atoms with Crippen LogP contribution in [0.2, 0.25) is 0 Å². The van der Waals surface area contributed by atoms with Crippen LogP contribution in [-0.4, -0.2) is 39.8 Å². The van der Waals surface area contributed by atoms with E-state index < -0.39 is 5.60 Å². The van der Waals surface area contributed by atoms with Gasteiger partial charge in [-0.15, -0.1) is 0 Å². The van der Waals surface area contributed by atoms with Crippen molar-refractivity contribution in [3.8, 4) is 5.75 Å². The summed E-state index contributed by atoms with van der Waals surface area (Å²) in [6.45, 7) is 2.77. The first-order valence-electron chi connectivity index (χ1n) is 9.16. The SMILES string of the molecule is COc1ccc(CN2C[C@H]3CCC[C@@H](C2)C3(O)c2nccn2C)cc1. The largest absolute Gasteiger partial charge is 0.497 e. The number of rotatable bonds is 4. The zero-order valence-corrected chi connectivity index (χ0v) is 15.1. The van der Waals surface area contributed by atoms with Gasteiger partial charge in [-0.3, -0.25) is 4.90 Å². The van der Waals surface area contributed by atoms with E-state index in [1.807, 2.05) is 29.9 Å². The highest BCUT2D eigenvalue weighted by atomic mass is 16.5. The van der Waals surface area contributed by atoms with Gasteiger partial charge < -0.3 is 14.4 Å². The second kappa shape index (κ2) is 6.46. The third kappa shape index (κ3) is 2.85. The molecule has 1 aliphatic carbocycles. The third-order valence-electron chi connectivity index (χ3n) is 6.05. The molecule has 2 aromatic rings. The van der Waals surface area contributed by atoms with Crippen LogP contribution in [0, 0.1) is 11.8 Å². The fraction of sp³-hybridized carbons (Fsp3) is 0.550. The fourth-order valence-electron chi connectivity index (χ4n) is 4.78. The highest BCUT2D eigenvalue weighted by molar-refractivity contribution is 5.27. The molecule has 1 N–H and O–H groups in total. The highest BCUT2D eigenvalue weighted by Gasteiger charge is 2.53. The van der Waals surface area contributed by atoms with Crippen LogP contribution in [0.5, 0.6) is 5.75 Å².